The van der Waals surface area contributed by atoms with Crippen LogP contribution < -0.4 is 0 Å². The van der Waals surface area contributed by atoms with Gasteiger partial charge in [0, 0.05) is 19.8 Å². The van der Waals surface area contributed by atoms with E-state index < -0.39 is 0 Å². The van der Waals surface area contributed by atoms with Gasteiger partial charge in [-0.3, -0.25) is 0 Å². The van der Waals surface area contributed by atoms with Crippen molar-refractivity contribution in [1.82, 2.24) is 0 Å². The third kappa shape index (κ3) is 4.86. The summed E-state index contributed by atoms with van der Waals surface area (Å²) in [5, 5.41) is 9.62. The normalized spacial score (nSPS) is 29.2. The van der Waals surface area contributed by atoms with E-state index in [0.717, 1.165) is 32.0 Å². The Morgan fingerprint density at radius 3 is 2.80 bits per heavy atom. The summed E-state index contributed by atoms with van der Waals surface area (Å²) in [6, 6.07) is 7.24. The molecule has 0 aliphatic heterocycles. The molecule has 0 heterocycles. The number of rotatable bonds is 7. The quantitative estimate of drug-likeness (QED) is 0.696. The highest BCUT2D eigenvalue weighted by molar-refractivity contribution is 5.36. The highest BCUT2D eigenvalue weighted by Gasteiger charge is 2.35. The first kappa shape index (κ1) is 18.9. The van der Waals surface area contributed by atoms with Crippen LogP contribution in [0.25, 0.3) is 0 Å². The number of hydrogen-bond donors (Lipinski definition) is 1. The van der Waals surface area contributed by atoms with Crippen LogP contribution in [0.4, 0.5) is 0 Å². The van der Waals surface area contributed by atoms with E-state index >= 15 is 0 Å². The topological polar surface area (TPSA) is 29.5 Å². The van der Waals surface area contributed by atoms with Crippen LogP contribution in [0.2, 0.25) is 0 Å². The van der Waals surface area contributed by atoms with E-state index in [0.29, 0.717) is 18.4 Å². The Morgan fingerprint density at radius 2 is 2.08 bits per heavy atom. The van der Waals surface area contributed by atoms with Crippen LogP contribution in [-0.4, -0.2) is 24.9 Å². The Balaban J connectivity index is 1.55. The van der Waals surface area contributed by atoms with Gasteiger partial charge in [-0.1, -0.05) is 39.0 Å². The fourth-order valence-electron chi connectivity index (χ4n) is 4.67. The monoisotopic (exact) mass is 344 g/mol. The Labute approximate surface area is 154 Å². The predicted octanol–water partition coefficient (Wildman–Crippen LogP) is 5.12. The molecule has 3 atom stereocenters. The fourth-order valence-corrected chi connectivity index (χ4v) is 4.67. The molecule has 0 amide bonds. The molecule has 1 saturated carbocycles. The van der Waals surface area contributed by atoms with Crippen molar-refractivity contribution in [3.05, 3.63) is 34.9 Å². The SMILES string of the molecule is CC(C)COCC[C@H]1CCc2cc([C@H]3CC[C@](C)(CO)C3)ccc2C1. The number of aryl methyl sites for hydroxylation is 1. The average molecular weight is 345 g/mol. The van der Waals surface area contributed by atoms with Gasteiger partial charge in [0.05, 0.1) is 0 Å². The second-order valence-corrected chi connectivity index (χ2v) is 9.30. The lowest BCUT2D eigenvalue weighted by atomic mass is 9.80. The molecule has 2 nitrogen and oxygen atoms in total. The van der Waals surface area contributed by atoms with E-state index in [-0.39, 0.29) is 5.41 Å². The third-order valence-corrected chi connectivity index (χ3v) is 6.37. The predicted molar refractivity (Wildman–Crippen MR) is 104 cm³/mol. The van der Waals surface area contributed by atoms with Crippen LogP contribution in [0.5, 0.6) is 0 Å². The van der Waals surface area contributed by atoms with Gasteiger partial charge in [-0.05, 0) is 84.8 Å². The lowest BCUT2D eigenvalue weighted by Gasteiger charge is -2.26. The largest absolute Gasteiger partial charge is 0.396 e. The van der Waals surface area contributed by atoms with Crippen molar-refractivity contribution in [2.24, 2.45) is 17.3 Å². The van der Waals surface area contributed by atoms with Crippen molar-refractivity contribution in [2.45, 2.75) is 71.6 Å². The van der Waals surface area contributed by atoms with Crippen molar-refractivity contribution in [1.29, 1.82) is 0 Å². The number of aliphatic hydroxyl groups excluding tert-OH is 1. The number of ether oxygens (including phenoxy) is 1. The van der Waals surface area contributed by atoms with Gasteiger partial charge in [0.25, 0.3) is 0 Å². The first-order valence-electron chi connectivity index (χ1n) is 10.3. The maximum Gasteiger partial charge on any atom is 0.0488 e. The minimum absolute atomic E-state index is 0.141. The van der Waals surface area contributed by atoms with Crippen LogP contribution in [0.1, 0.15) is 75.5 Å². The lowest BCUT2D eigenvalue weighted by Crippen LogP contribution is -2.18. The smallest absolute Gasteiger partial charge is 0.0488 e. The van der Waals surface area contributed by atoms with Crippen molar-refractivity contribution in [2.75, 3.05) is 19.8 Å². The standard InChI is InChI=1S/C23H36O2/c1-17(2)15-25-11-9-18-4-5-20-13-21(7-6-19(20)12-18)22-8-10-23(3,14-22)16-24/h6-7,13,17-18,22,24H,4-5,8-12,14-16H2,1-3H3/t18-,22+,23+/m1/s1. The second kappa shape index (κ2) is 8.22. The molecular formula is C23H36O2. The van der Waals surface area contributed by atoms with E-state index in [9.17, 15) is 5.11 Å². The van der Waals surface area contributed by atoms with Crippen LogP contribution in [0, 0.1) is 17.3 Å². The molecular weight excluding hydrogens is 308 g/mol. The first-order valence-corrected chi connectivity index (χ1v) is 10.3. The molecule has 2 heteroatoms. The van der Waals surface area contributed by atoms with Crippen LogP contribution in [-0.2, 0) is 17.6 Å². The van der Waals surface area contributed by atoms with Gasteiger partial charge in [0.15, 0.2) is 0 Å². The summed E-state index contributed by atoms with van der Waals surface area (Å²) in [7, 11) is 0. The molecule has 1 fully saturated rings. The van der Waals surface area contributed by atoms with Crippen LogP contribution >= 0.6 is 0 Å². The third-order valence-electron chi connectivity index (χ3n) is 6.37. The highest BCUT2D eigenvalue weighted by Crippen LogP contribution is 2.46. The van der Waals surface area contributed by atoms with E-state index in [1.165, 1.54) is 37.7 Å². The van der Waals surface area contributed by atoms with Gasteiger partial charge in [0.1, 0.15) is 0 Å². The Kier molecular flexibility index (Phi) is 6.22. The van der Waals surface area contributed by atoms with Gasteiger partial charge in [0.2, 0.25) is 0 Å². The molecule has 2 aliphatic rings. The molecule has 2 aliphatic carbocycles. The number of hydrogen-bond acceptors (Lipinski definition) is 2. The van der Waals surface area contributed by atoms with Crippen molar-refractivity contribution < 1.29 is 9.84 Å². The zero-order chi connectivity index (χ0) is 17.9. The molecule has 3 rings (SSSR count). The molecule has 0 bridgehead atoms. The molecule has 0 radical (unpaired) electrons. The van der Waals surface area contributed by atoms with Crippen molar-refractivity contribution in [3.63, 3.8) is 0 Å². The van der Waals surface area contributed by atoms with Crippen molar-refractivity contribution >= 4 is 0 Å². The van der Waals surface area contributed by atoms with E-state index in [1.807, 2.05) is 0 Å². The van der Waals surface area contributed by atoms with E-state index in [1.54, 1.807) is 11.1 Å². The zero-order valence-corrected chi connectivity index (χ0v) is 16.4. The molecule has 140 valence electrons. The Morgan fingerprint density at radius 1 is 1.24 bits per heavy atom. The maximum absolute atomic E-state index is 9.62. The number of fused-ring (bicyclic) bond motifs is 1. The Hall–Kier alpha value is -0.860. The highest BCUT2D eigenvalue weighted by atomic mass is 16.5. The van der Waals surface area contributed by atoms with E-state index in [4.69, 9.17) is 4.74 Å². The molecule has 25 heavy (non-hydrogen) atoms. The Bertz CT molecular complexity index is 565. The molecule has 0 spiro atoms. The van der Waals surface area contributed by atoms with Gasteiger partial charge < -0.3 is 9.84 Å². The lowest BCUT2D eigenvalue weighted by molar-refractivity contribution is 0.0962. The molecule has 0 saturated heterocycles. The molecule has 1 N–H and O–H groups in total. The van der Waals surface area contributed by atoms with Crippen molar-refractivity contribution in [3.8, 4) is 0 Å². The summed E-state index contributed by atoms with van der Waals surface area (Å²) in [6.45, 7) is 8.79. The molecule has 0 aromatic heterocycles. The minimum atomic E-state index is 0.141. The molecule has 0 unspecified atom stereocenters. The van der Waals surface area contributed by atoms with Gasteiger partial charge in [-0.15, -0.1) is 0 Å². The van der Waals surface area contributed by atoms with Crippen LogP contribution in [0.3, 0.4) is 0 Å². The van der Waals surface area contributed by atoms with Gasteiger partial charge in [-0.2, -0.15) is 0 Å². The first-order chi connectivity index (χ1) is 12.0. The fraction of sp³-hybridized carbons (Fsp3) is 0.739. The summed E-state index contributed by atoms with van der Waals surface area (Å²) in [6.07, 6.45) is 8.47. The zero-order valence-electron chi connectivity index (χ0n) is 16.4. The minimum Gasteiger partial charge on any atom is -0.396 e. The maximum atomic E-state index is 9.62. The van der Waals surface area contributed by atoms with Crippen LogP contribution in [0.15, 0.2) is 18.2 Å². The van der Waals surface area contributed by atoms with Gasteiger partial charge >= 0.3 is 0 Å². The summed E-state index contributed by atoms with van der Waals surface area (Å²) in [4.78, 5) is 0. The summed E-state index contributed by atoms with van der Waals surface area (Å²) >= 11 is 0. The second-order valence-electron chi connectivity index (χ2n) is 9.30. The van der Waals surface area contributed by atoms with E-state index in [2.05, 4.69) is 39.0 Å². The van der Waals surface area contributed by atoms with Gasteiger partial charge in [-0.25, -0.2) is 0 Å². The summed E-state index contributed by atoms with van der Waals surface area (Å²) in [5.41, 5.74) is 4.79. The average Bonchev–Trinajstić information content (AvgIpc) is 3.01. The number of benzene rings is 1. The molecule has 1 aromatic rings. The summed E-state index contributed by atoms with van der Waals surface area (Å²) < 4.78 is 5.78. The molecule has 1 aromatic carbocycles. The number of aliphatic hydroxyl groups is 1. The summed E-state index contributed by atoms with van der Waals surface area (Å²) in [5.74, 6) is 2.06.